The molecule has 4 aromatic rings. The summed E-state index contributed by atoms with van der Waals surface area (Å²) < 4.78 is 0. The third kappa shape index (κ3) is 2.08. The molecular formula is C20H14N2O2. The highest BCUT2D eigenvalue weighted by molar-refractivity contribution is 6.03. The van der Waals surface area contributed by atoms with Gasteiger partial charge in [-0.3, -0.25) is 9.97 Å². The zero-order chi connectivity index (χ0) is 16.7. The Balaban J connectivity index is 1.99. The number of pyridine rings is 2. The minimum atomic E-state index is 0.138. The predicted octanol–water partition coefficient (Wildman–Crippen LogP) is 4.26. The first-order valence-electron chi connectivity index (χ1n) is 7.50. The first-order valence-corrected chi connectivity index (χ1v) is 7.50. The number of phenolic OH excluding ortho intramolecular Hbond substituents is 2. The van der Waals surface area contributed by atoms with Crippen molar-refractivity contribution in [2.24, 2.45) is 0 Å². The van der Waals surface area contributed by atoms with Crippen LogP contribution >= 0.6 is 0 Å². The number of hydrogen-bond donors (Lipinski definition) is 2. The Labute approximate surface area is 138 Å². The highest BCUT2D eigenvalue weighted by Crippen LogP contribution is 2.36. The van der Waals surface area contributed by atoms with Gasteiger partial charge in [-0.25, -0.2) is 0 Å². The molecule has 4 rings (SSSR count). The Morgan fingerprint density at radius 2 is 1.17 bits per heavy atom. The fourth-order valence-electron chi connectivity index (χ4n) is 2.99. The van der Waals surface area contributed by atoms with Crippen LogP contribution in [0.15, 0.2) is 67.5 Å². The van der Waals surface area contributed by atoms with E-state index in [2.05, 4.69) is 16.5 Å². The molecule has 0 aliphatic carbocycles. The summed E-state index contributed by atoms with van der Waals surface area (Å²) in [4.78, 5) is 8.50. The molecule has 0 spiro atoms. The molecule has 2 aromatic carbocycles. The van der Waals surface area contributed by atoms with Crippen molar-refractivity contribution in [2.45, 2.75) is 0 Å². The first kappa shape index (κ1) is 14.2. The Morgan fingerprint density at radius 1 is 0.708 bits per heavy atom. The number of fused-ring (bicyclic) bond motifs is 2. The summed E-state index contributed by atoms with van der Waals surface area (Å²) >= 11 is 0. The van der Waals surface area contributed by atoms with E-state index in [-0.39, 0.29) is 11.5 Å². The maximum absolute atomic E-state index is 10.0. The lowest BCUT2D eigenvalue weighted by Crippen LogP contribution is -1.92. The summed E-state index contributed by atoms with van der Waals surface area (Å²) in [5.74, 6) is 0.277. The minimum absolute atomic E-state index is 0.138. The number of aromatic nitrogens is 2. The van der Waals surface area contributed by atoms with Crippen molar-refractivity contribution in [1.29, 1.82) is 0 Å². The van der Waals surface area contributed by atoms with Gasteiger partial charge in [-0.2, -0.15) is 0 Å². The molecule has 0 unspecified atom stereocenters. The van der Waals surface area contributed by atoms with Crippen molar-refractivity contribution in [3.63, 3.8) is 0 Å². The van der Waals surface area contributed by atoms with Crippen molar-refractivity contribution in [3.05, 3.63) is 78.6 Å². The van der Waals surface area contributed by atoms with E-state index < -0.39 is 0 Å². The van der Waals surface area contributed by atoms with Gasteiger partial charge in [0.1, 0.15) is 22.5 Å². The number of benzene rings is 2. The third-order valence-corrected chi connectivity index (χ3v) is 4.15. The quantitative estimate of drug-likeness (QED) is 0.580. The standard InChI is InChI=1S/C20H14N2O2/c1-12(13-6-8-17(23)19-15(13)4-2-10-21-19)14-7-9-18(24)20-16(14)5-3-11-22-20/h2-11,23-24H,1H2. The average molecular weight is 314 g/mol. The topological polar surface area (TPSA) is 66.2 Å². The van der Waals surface area contributed by atoms with Gasteiger partial charge in [0, 0.05) is 23.2 Å². The normalized spacial score (nSPS) is 11.0. The first-order chi connectivity index (χ1) is 11.7. The smallest absolute Gasteiger partial charge is 0.141 e. The molecule has 0 amide bonds. The van der Waals surface area contributed by atoms with Gasteiger partial charge in [-0.1, -0.05) is 18.7 Å². The lowest BCUT2D eigenvalue weighted by Gasteiger charge is -2.13. The second-order valence-corrected chi connectivity index (χ2v) is 5.54. The van der Waals surface area contributed by atoms with Crippen molar-refractivity contribution in [3.8, 4) is 11.5 Å². The van der Waals surface area contributed by atoms with Crippen LogP contribution in [0.5, 0.6) is 11.5 Å². The molecule has 0 radical (unpaired) electrons. The Hall–Kier alpha value is -3.40. The zero-order valence-corrected chi connectivity index (χ0v) is 12.8. The maximum Gasteiger partial charge on any atom is 0.141 e. The molecule has 0 saturated heterocycles. The summed E-state index contributed by atoms with van der Waals surface area (Å²) in [5.41, 5.74) is 3.62. The number of aromatic hydroxyl groups is 2. The van der Waals surface area contributed by atoms with Crippen LogP contribution in [0.3, 0.4) is 0 Å². The minimum Gasteiger partial charge on any atom is -0.506 e. The van der Waals surface area contributed by atoms with Crippen LogP contribution in [-0.2, 0) is 0 Å². The molecule has 0 saturated carbocycles. The second-order valence-electron chi connectivity index (χ2n) is 5.54. The van der Waals surface area contributed by atoms with Gasteiger partial charge in [-0.05, 0) is 53.1 Å². The van der Waals surface area contributed by atoms with Crippen molar-refractivity contribution in [1.82, 2.24) is 9.97 Å². The van der Waals surface area contributed by atoms with Gasteiger partial charge in [0.15, 0.2) is 0 Å². The van der Waals surface area contributed by atoms with E-state index in [1.54, 1.807) is 24.5 Å². The van der Waals surface area contributed by atoms with Crippen LogP contribution in [0, 0.1) is 0 Å². The number of hydrogen-bond acceptors (Lipinski definition) is 4. The van der Waals surface area contributed by atoms with Gasteiger partial charge in [0.05, 0.1) is 0 Å². The molecular weight excluding hydrogens is 300 g/mol. The summed E-state index contributed by atoms with van der Waals surface area (Å²) in [6, 6.07) is 14.4. The molecule has 4 nitrogen and oxygen atoms in total. The van der Waals surface area contributed by atoms with E-state index in [4.69, 9.17) is 0 Å². The molecule has 0 bridgehead atoms. The van der Waals surface area contributed by atoms with Gasteiger partial charge in [0.2, 0.25) is 0 Å². The highest BCUT2D eigenvalue weighted by Gasteiger charge is 2.14. The fraction of sp³-hybridized carbons (Fsp3) is 0. The summed E-state index contributed by atoms with van der Waals surface area (Å²) in [6.45, 7) is 4.24. The Morgan fingerprint density at radius 3 is 1.62 bits per heavy atom. The van der Waals surface area contributed by atoms with Gasteiger partial charge >= 0.3 is 0 Å². The van der Waals surface area contributed by atoms with Crippen LogP contribution in [0.1, 0.15) is 11.1 Å². The van der Waals surface area contributed by atoms with Gasteiger partial charge in [0.25, 0.3) is 0 Å². The van der Waals surface area contributed by atoms with E-state index in [1.165, 1.54) is 0 Å². The summed E-state index contributed by atoms with van der Waals surface area (Å²) in [7, 11) is 0. The zero-order valence-electron chi connectivity index (χ0n) is 12.8. The van der Waals surface area contributed by atoms with E-state index in [1.807, 2.05) is 36.4 Å². The molecule has 0 aliphatic heterocycles. The average Bonchev–Trinajstić information content (AvgIpc) is 2.62. The summed E-state index contributed by atoms with van der Waals surface area (Å²) in [5, 5.41) is 21.7. The number of phenols is 2. The Kier molecular flexibility index (Phi) is 3.17. The molecule has 2 aromatic heterocycles. The molecule has 0 fully saturated rings. The predicted molar refractivity (Wildman–Crippen MR) is 95.0 cm³/mol. The number of nitrogens with zero attached hydrogens (tertiary/aromatic N) is 2. The van der Waals surface area contributed by atoms with Crippen LogP contribution in [0.25, 0.3) is 27.4 Å². The van der Waals surface area contributed by atoms with Gasteiger partial charge < -0.3 is 10.2 Å². The molecule has 2 N–H and O–H groups in total. The van der Waals surface area contributed by atoms with Crippen molar-refractivity contribution < 1.29 is 10.2 Å². The molecule has 4 heteroatoms. The summed E-state index contributed by atoms with van der Waals surface area (Å²) in [6.07, 6.45) is 3.29. The third-order valence-electron chi connectivity index (χ3n) is 4.15. The molecule has 2 heterocycles. The molecule has 24 heavy (non-hydrogen) atoms. The fourth-order valence-corrected chi connectivity index (χ4v) is 2.99. The van der Waals surface area contributed by atoms with Crippen LogP contribution in [0.4, 0.5) is 0 Å². The highest BCUT2D eigenvalue weighted by atomic mass is 16.3. The van der Waals surface area contributed by atoms with E-state index in [0.717, 1.165) is 27.5 Å². The van der Waals surface area contributed by atoms with Crippen LogP contribution in [-0.4, -0.2) is 20.2 Å². The van der Waals surface area contributed by atoms with E-state index >= 15 is 0 Å². The molecule has 116 valence electrons. The monoisotopic (exact) mass is 314 g/mol. The largest absolute Gasteiger partial charge is 0.506 e. The van der Waals surface area contributed by atoms with Crippen LogP contribution in [0.2, 0.25) is 0 Å². The van der Waals surface area contributed by atoms with E-state index in [0.29, 0.717) is 11.0 Å². The maximum atomic E-state index is 10.0. The SMILES string of the molecule is C=C(c1ccc(O)c2ncccc12)c1ccc(O)c2ncccc12. The van der Waals surface area contributed by atoms with Crippen LogP contribution < -0.4 is 0 Å². The molecule has 0 atom stereocenters. The lowest BCUT2D eigenvalue weighted by molar-refractivity contribution is 0.480. The van der Waals surface area contributed by atoms with Crippen molar-refractivity contribution in [2.75, 3.05) is 0 Å². The van der Waals surface area contributed by atoms with E-state index in [9.17, 15) is 10.2 Å². The molecule has 0 aliphatic rings. The lowest BCUT2D eigenvalue weighted by atomic mass is 9.93. The van der Waals surface area contributed by atoms with Gasteiger partial charge in [-0.15, -0.1) is 0 Å². The second kappa shape index (κ2) is 5.35. The number of rotatable bonds is 2. The Bertz CT molecular complexity index is 1020. The van der Waals surface area contributed by atoms with Crippen molar-refractivity contribution >= 4 is 27.4 Å².